The fourth-order valence-electron chi connectivity index (χ4n) is 0.780. The molecule has 4 heteroatoms. The topological polar surface area (TPSA) is 48.1 Å². The SMILES string of the molecule is CC.CCNCCNCC.CNCCNC. The van der Waals surface area contributed by atoms with Crippen LogP contribution in [-0.4, -0.2) is 53.4 Å². The first-order chi connectivity index (χ1) is 7.83. The van der Waals surface area contributed by atoms with Crippen LogP contribution in [0, 0.1) is 0 Å². The van der Waals surface area contributed by atoms with Crippen LogP contribution in [0.2, 0.25) is 0 Å². The molecule has 102 valence electrons. The highest BCUT2D eigenvalue weighted by atomic mass is 14.9. The van der Waals surface area contributed by atoms with Gasteiger partial charge in [-0.2, -0.15) is 0 Å². The van der Waals surface area contributed by atoms with Crippen LogP contribution >= 0.6 is 0 Å². The van der Waals surface area contributed by atoms with Gasteiger partial charge in [-0.05, 0) is 27.2 Å². The quantitative estimate of drug-likeness (QED) is 0.466. The van der Waals surface area contributed by atoms with Crippen molar-refractivity contribution in [3.8, 4) is 0 Å². The Morgan fingerprint density at radius 2 is 0.938 bits per heavy atom. The van der Waals surface area contributed by atoms with Gasteiger partial charge in [-0.3, -0.25) is 0 Å². The molecule has 0 aromatic rings. The summed E-state index contributed by atoms with van der Waals surface area (Å²) >= 11 is 0. The van der Waals surface area contributed by atoms with Crippen molar-refractivity contribution in [1.82, 2.24) is 21.3 Å². The maximum absolute atomic E-state index is 3.22. The van der Waals surface area contributed by atoms with Crippen LogP contribution in [0.15, 0.2) is 0 Å². The van der Waals surface area contributed by atoms with E-state index in [1.54, 1.807) is 0 Å². The highest BCUT2D eigenvalue weighted by molar-refractivity contribution is 4.46. The van der Waals surface area contributed by atoms with Crippen LogP contribution in [0.1, 0.15) is 27.7 Å². The van der Waals surface area contributed by atoms with Gasteiger partial charge in [-0.15, -0.1) is 0 Å². The standard InChI is InChI=1S/C6H16N2.C4H12N2.C2H6/c1-3-7-5-6-8-4-2;1-5-3-4-6-2;1-2/h7-8H,3-6H2,1-2H3;5-6H,3-4H2,1-2H3;1-2H3. The predicted octanol–water partition coefficient (Wildman–Crippen LogP) is 0.657. The lowest BCUT2D eigenvalue weighted by molar-refractivity contribution is 0.641. The van der Waals surface area contributed by atoms with Crippen LogP contribution in [0.3, 0.4) is 0 Å². The molecule has 4 nitrogen and oxygen atoms in total. The van der Waals surface area contributed by atoms with E-state index < -0.39 is 0 Å². The minimum absolute atomic E-state index is 1.05. The molecule has 0 saturated carbocycles. The van der Waals surface area contributed by atoms with Crippen LogP contribution < -0.4 is 21.3 Å². The van der Waals surface area contributed by atoms with Crippen molar-refractivity contribution < 1.29 is 0 Å². The Morgan fingerprint density at radius 1 is 0.625 bits per heavy atom. The Hall–Kier alpha value is -0.160. The highest BCUT2D eigenvalue weighted by Gasteiger charge is 1.79. The molecule has 0 aromatic heterocycles. The fraction of sp³-hybridized carbons (Fsp3) is 1.00. The third-order valence-electron chi connectivity index (χ3n) is 1.60. The van der Waals surface area contributed by atoms with Gasteiger partial charge in [-0.1, -0.05) is 27.7 Å². The van der Waals surface area contributed by atoms with Gasteiger partial charge in [0.2, 0.25) is 0 Å². The van der Waals surface area contributed by atoms with E-state index in [0.29, 0.717) is 0 Å². The summed E-state index contributed by atoms with van der Waals surface area (Å²) in [5.74, 6) is 0. The largest absolute Gasteiger partial charge is 0.318 e. The van der Waals surface area contributed by atoms with Gasteiger partial charge in [0, 0.05) is 26.2 Å². The average molecular weight is 234 g/mol. The van der Waals surface area contributed by atoms with E-state index in [9.17, 15) is 0 Å². The molecule has 0 saturated heterocycles. The molecule has 0 unspecified atom stereocenters. The summed E-state index contributed by atoms with van der Waals surface area (Å²) in [7, 11) is 3.88. The Balaban J connectivity index is -0.000000188. The molecule has 0 aliphatic rings. The number of hydrogen-bond acceptors (Lipinski definition) is 4. The molecule has 0 heterocycles. The lowest BCUT2D eigenvalue weighted by atomic mass is 10.6. The summed E-state index contributed by atoms with van der Waals surface area (Å²) in [4.78, 5) is 0. The van der Waals surface area contributed by atoms with E-state index in [2.05, 4.69) is 35.1 Å². The van der Waals surface area contributed by atoms with Crippen LogP contribution in [0.25, 0.3) is 0 Å². The summed E-state index contributed by atoms with van der Waals surface area (Å²) in [6, 6.07) is 0. The third kappa shape index (κ3) is 37.1. The molecule has 0 atom stereocenters. The number of rotatable bonds is 8. The Labute approximate surface area is 103 Å². The Bertz CT molecular complexity index is 69.4. The van der Waals surface area contributed by atoms with E-state index in [1.165, 1.54) is 0 Å². The monoisotopic (exact) mass is 234 g/mol. The number of hydrogen-bond donors (Lipinski definition) is 4. The normalized spacial score (nSPS) is 8.62. The zero-order chi connectivity index (χ0) is 13.1. The lowest BCUT2D eigenvalue weighted by Gasteiger charge is -1.99. The number of likely N-dealkylation sites (N-methyl/N-ethyl adjacent to an activating group) is 4. The van der Waals surface area contributed by atoms with Crippen molar-refractivity contribution in [3.63, 3.8) is 0 Å². The highest BCUT2D eigenvalue weighted by Crippen LogP contribution is 1.56. The maximum Gasteiger partial charge on any atom is 0.00766 e. The first-order valence-electron chi connectivity index (χ1n) is 6.54. The Morgan fingerprint density at radius 3 is 1.12 bits per heavy atom. The van der Waals surface area contributed by atoms with Crippen molar-refractivity contribution in [2.24, 2.45) is 0 Å². The van der Waals surface area contributed by atoms with Gasteiger partial charge >= 0.3 is 0 Å². The minimum atomic E-state index is 1.05. The Kier molecular flexibility index (Phi) is 38.8. The van der Waals surface area contributed by atoms with Crippen LogP contribution in [0.5, 0.6) is 0 Å². The van der Waals surface area contributed by atoms with Crippen molar-refractivity contribution >= 4 is 0 Å². The lowest BCUT2D eigenvalue weighted by Crippen LogP contribution is -2.26. The summed E-state index contributed by atoms with van der Waals surface area (Å²) in [6.45, 7) is 14.7. The zero-order valence-corrected chi connectivity index (χ0v) is 12.2. The molecule has 4 N–H and O–H groups in total. The van der Waals surface area contributed by atoms with Gasteiger partial charge in [0.05, 0.1) is 0 Å². The molecular formula is C12H34N4. The van der Waals surface area contributed by atoms with E-state index in [4.69, 9.17) is 0 Å². The van der Waals surface area contributed by atoms with E-state index in [0.717, 1.165) is 39.3 Å². The second kappa shape index (κ2) is 29.4. The minimum Gasteiger partial charge on any atom is -0.318 e. The van der Waals surface area contributed by atoms with Gasteiger partial charge in [0.15, 0.2) is 0 Å². The first-order valence-corrected chi connectivity index (χ1v) is 6.54. The first kappa shape index (κ1) is 21.2. The molecule has 0 aromatic carbocycles. The molecule has 0 bridgehead atoms. The fourth-order valence-corrected chi connectivity index (χ4v) is 0.780. The zero-order valence-electron chi connectivity index (χ0n) is 12.2. The van der Waals surface area contributed by atoms with E-state index in [1.807, 2.05) is 27.9 Å². The predicted molar refractivity (Wildman–Crippen MR) is 76.3 cm³/mol. The number of nitrogens with one attached hydrogen (secondary N) is 4. The van der Waals surface area contributed by atoms with Crippen LogP contribution in [-0.2, 0) is 0 Å². The van der Waals surface area contributed by atoms with Crippen LogP contribution in [0.4, 0.5) is 0 Å². The van der Waals surface area contributed by atoms with Crippen molar-refractivity contribution in [3.05, 3.63) is 0 Å². The van der Waals surface area contributed by atoms with E-state index in [-0.39, 0.29) is 0 Å². The summed E-state index contributed by atoms with van der Waals surface area (Å²) < 4.78 is 0. The van der Waals surface area contributed by atoms with Crippen molar-refractivity contribution in [1.29, 1.82) is 0 Å². The molecule has 0 radical (unpaired) electrons. The van der Waals surface area contributed by atoms with Crippen molar-refractivity contribution in [2.45, 2.75) is 27.7 Å². The summed E-state index contributed by atoms with van der Waals surface area (Å²) in [5.41, 5.74) is 0. The molecule has 16 heavy (non-hydrogen) atoms. The maximum atomic E-state index is 3.22. The smallest absolute Gasteiger partial charge is 0.00766 e. The molecule has 0 rings (SSSR count). The van der Waals surface area contributed by atoms with Gasteiger partial charge in [0.1, 0.15) is 0 Å². The van der Waals surface area contributed by atoms with E-state index >= 15 is 0 Å². The second-order valence-corrected chi connectivity index (χ2v) is 2.91. The van der Waals surface area contributed by atoms with Gasteiger partial charge in [0.25, 0.3) is 0 Å². The summed E-state index contributed by atoms with van der Waals surface area (Å²) in [5, 5.41) is 12.5. The molecule has 0 aliphatic heterocycles. The molecule has 0 aliphatic carbocycles. The van der Waals surface area contributed by atoms with Gasteiger partial charge < -0.3 is 21.3 Å². The molecule has 0 spiro atoms. The molecule has 0 amide bonds. The second-order valence-electron chi connectivity index (χ2n) is 2.91. The molecule has 0 fully saturated rings. The average Bonchev–Trinajstić information content (AvgIpc) is 2.35. The van der Waals surface area contributed by atoms with Gasteiger partial charge in [-0.25, -0.2) is 0 Å². The van der Waals surface area contributed by atoms with Crippen molar-refractivity contribution in [2.75, 3.05) is 53.4 Å². The molecular weight excluding hydrogens is 200 g/mol. The third-order valence-corrected chi connectivity index (χ3v) is 1.60. The summed E-state index contributed by atoms with van der Waals surface area (Å²) in [6.07, 6.45) is 0.